The number of esters is 1. The maximum Gasteiger partial charge on any atom is 0.338 e. The Morgan fingerprint density at radius 1 is 0.929 bits per heavy atom. The van der Waals surface area contributed by atoms with Crippen LogP contribution in [0.15, 0.2) is 73.6 Å². The molecule has 5 nitrogen and oxygen atoms in total. The Morgan fingerprint density at radius 2 is 1.61 bits per heavy atom. The van der Waals surface area contributed by atoms with Crippen molar-refractivity contribution in [1.29, 1.82) is 0 Å². The molecular weight excluding hydrogens is 370 g/mol. The Labute approximate surface area is 161 Å². The summed E-state index contributed by atoms with van der Waals surface area (Å²) in [6, 6.07) is 8.96. The predicted octanol–water partition coefficient (Wildman–Crippen LogP) is 5.10. The van der Waals surface area contributed by atoms with Gasteiger partial charge in [0.25, 0.3) is 0 Å². The number of ether oxygens (including phenoxy) is 4. The van der Waals surface area contributed by atoms with Crippen LogP contribution in [0.25, 0.3) is 11.1 Å². The van der Waals surface area contributed by atoms with E-state index in [1.807, 2.05) is 0 Å². The van der Waals surface area contributed by atoms with E-state index in [9.17, 15) is 13.6 Å². The molecule has 0 heterocycles. The van der Waals surface area contributed by atoms with Gasteiger partial charge in [-0.2, -0.15) is 4.39 Å². The first-order valence-electron chi connectivity index (χ1n) is 8.05. The summed E-state index contributed by atoms with van der Waals surface area (Å²) < 4.78 is 48.1. The molecule has 28 heavy (non-hydrogen) atoms. The number of rotatable bonds is 8. The number of halogens is 2. The van der Waals surface area contributed by atoms with E-state index >= 15 is 0 Å². The van der Waals surface area contributed by atoms with Gasteiger partial charge < -0.3 is 18.9 Å². The third-order valence-corrected chi connectivity index (χ3v) is 3.38. The molecule has 7 heteroatoms. The average molecular weight is 388 g/mol. The highest BCUT2D eigenvalue weighted by Gasteiger charge is 2.15. The first-order valence-corrected chi connectivity index (χ1v) is 8.05. The van der Waals surface area contributed by atoms with Crippen LogP contribution in [0.1, 0.15) is 6.92 Å². The summed E-state index contributed by atoms with van der Waals surface area (Å²) in [7, 11) is 1.40. The molecule has 0 aliphatic rings. The third-order valence-electron chi connectivity index (χ3n) is 3.38. The van der Waals surface area contributed by atoms with Crippen LogP contribution in [-0.2, 0) is 14.3 Å². The molecule has 0 unspecified atom stereocenters. The van der Waals surface area contributed by atoms with Crippen LogP contribution >= 0.6 is 0 Å². The zero-order valence-electron chi connectivity index (χ0n) is 15.3. The van der Waals surface area contributed by atoms with E-state index in [0.29, 0.717) is 11.3 Å². The molecule has 0 radical (unpaired) electrons. The maximum absolute atomic E-state index is 14.3. The predicted molar refractivity (Wildman–Crippen MR) is 99.2 cm³/mol. The Morgan fingerprint density at radius 3 is 2.25 bits per heavy atom. The average Bonchev–Trinajstić information content (AvgIpc) is 2.69. The highest BCUT2D eigenvalue weighted by molar-refractivity contribution is 5.87. The minimum atomic E-state index is -1.11. The smallest absolute Gasteiger partial charge is 0.338 e. The molecule has 2 rings (SSSR count). The van der Waals surface area contributed by atoms with Gasteiger partial charge in [-0.1, -0.05) is 18.7 Å². The van der Waals surface area contributed by atoms with Crippen molar-refractivity contribution in [3.05, 3.63) is 85.2 Å². The van der Waals surface area contributed by atoms with Crippen molar-refractivity contribution in [1.82, 2.24) is 0 Å². The zero-order valence-corrected chi connectivity index (χ0v) is 15.3. The minimum Gasteiger partial charge on any atom is -0.501 e. The molecule has 0 aliphatic heterocycles. The summed E-state index contributed by atoms with van der Waals surface area (Å²) in [4.78, 5) is 11.2. The molecule has 0 saturated carbocycles. The molecule has 0 atom stereocenters. The fourth-order valence-electron chi connectivity index (χ4n) is 2.01. The van der Waals surface area contributed by atoms with E-state index in [0.717, 1.165) is 12.5 Å². The lowest BCUT2D eigenvalue weighted by atomic mass is 10.0. The summed E-state index contributed by atoms with van der Waals surface area (Å²) in [5.41, 5.74) is 0.771. The van der Waals surface area contributed by atoms with E-state index in [2.05, 4.69) is 11.3 Å². The van der Waals surface area contributed by atoms with Crippen molar-refractivity contribution < 1.29 is 32.5 Å². The number of methoxy groups -OCH3 is 1. The second kappa shape index (κ2) is 9.91. The van der Waals surface area contributed by atoms with Crippen molar-refractivity contribution in [2.24, 2.45) is 0 Å². The molecule has 0 fully saturated rings. The first kappa shape index (κ1) is 20.7. The zero-order chi connectivity index (χ0) is 20.5. The van der Waals surface area contributed by atoms with Gasteiger partial charge in [-0.3, -0.25) is 0 Å². The van der Waals surface area contributed by atoms with Crippen LogP contribution in [0.4, 0.5) is 8.78 Å². The van der Waals surface area contributed by atoms with Gasteiger partial charge in [0, 0.05) is 11.1 Å². The fraction of sp³-hybridized carbons (Fsp3) is 0.0952. The van der Waals surface area contributed by atoms with Crippen LogP contribution in [0.5, 0.6) is 11.5 Å². The van der Waals surface area contributed by atoms with Gasteiger partial charge in [0.05, 0.1) is 7.11 Å². The standard InChI is InChI=1S/C21H18F2O5/c1-14(2)21(24)28-13-12-26-16-6-4-15(5-7-16)17-8-9-18(20(23)19(17)22)27-11-10-25-3/h4-13H,1H2,2-3H3/b11-10-,13-12-. The lowest BCUT2D eigenvalue weighted by molar-refractivity contribution is -0.133. The monoisotopic (exact) mass is 388 g/mol. The minimum absolute atomic E-state index is 0.0676. The molecule has 0 saturated heterocycles. The molecule has 0 N–H and O–H groups in total. The molecule has 2 aromatic carbocycles. The number of hydrogen-bond acceptors (Lipinski definition) is 5. The Kier molecular flexibility index (Phi) is 7.33. The lowest BCUT2D eigenvalue weighted by Gasteiger charge is -2.09. The van der Waals surface area contributed by atoms with Crippen molar-refractivity contribution in [2.75, 3.05) is 7.11 Å². The Hall–Kier alpha value is -3.61. The highest BCUT2D eigenvalue weighted by atomic mass is 19.2. The molecule has 0 spiro atoms. The van der Waals surface area contributed by atoms with Gasteiger partial charge in [-0.25, -0.2) is 9.18 Å². The number of benzene rings is 2. The lowest BCUT2D eigenvalue weighted by Crippen LogP contribution is -1.99. The molecule has 146 valence electrons. The third kappa shape index (κ3) is 5.44. The van der Waals surface area contributed by atoms with E-state index in [-0.39, 0.29) is 16.9 Å². The van der Waals surface area contributed by atoms with Crippen LogP contribution < -0.4 is 9.47 Å². The fourth-order valence-corrected chi connectivity index (χ4v) is 2.01. The van der Waals surface area contributed by atoms with Gasteiger partial charge in [0.2, 0.25) is 5.82 Å². The SMILES string of the molecule is C=C(C)C(=O)O/C=C\Oc1ccc(-c2ccc(O/C=C\OC)c(F)c2F)cc1. The van der Waals surface area contributed by atoms with Crippen molar-refractivity contribution in [3.8, 4) is 22.6 Å². The van der Waals surface area contributed by atoms with Crippen LogP contribution in [0, 0.1) is 11.6 Å². The molecule has 0 amide bonds. The van der Waals surface area contributed by atoms with Crippen molar-refractivity contribution in [3.63, 3.8) is 0 Å². The second-order valence-electron chi connectivity index (χ2n) is 5.46. The Balaban J connectivity index is 2.07. The van der Waals surface area contributed by atoms with E-state index in [1.165, 1.54) is 38.7 Å². The summed E-state index contributed by atoms with van der Waals surface area (Å²) >= 11 is 0. The maximum atomic E-state index is 14.3. The summed E-state index contributed by atoms with van der Waals surface area (Å²) in [6.07, 6.45) is 4.55. The van der Waals surface area contributed by atoms with Crippen LogP contribution in [0.3, 0.4) is 0 Å². The largest absolute Gasteiger partial charge is 0.501 e. The normalized spacial score (nSPS) is 10.9. The van der Waals surface area contributed by atoms with Crippen LogP contribution in [-0.4, -0.2) is 13.1 Å². The molecular formula is C21H18F2O5. The van der Waals surface area contributed by atoms with Gasteiger partial charge >= 0.3 is 5.97 Å². The van der Waals surface area contributed by atoms with E-state index < -0.39 is 17.6 Å². The molecule has 2 aromatic rings. The van der Waals surface area contributed by atoms with Gasteiger partial charge in [0.1, 0.15) is 30.8 Å². The van der Waals surface area contributed by atoms with Gasteiger partial charge in [-0.15, -0.1) is 0 Å². The molecule has 0 aliphatic carbocycles. The number of carbonyl (C=O) groups excluding carboxylic acids is 1. The van der Waals surface area contributed by atoms with Gasteiger partial charge in [-0.05, 0) is 36.8 Å². The quantitative estimate of drug-likeness (QED) is 0.358. The van der Waals surface area contributed by atoms with E-state index in [1.54, 1.807) is 24.3 Å². The molecule has 0 aromatic heterocycles. The van der Waals surface area contributed by atoms with Crippen molar-refractivity contribution in [2.45, 2.75) is 6.92 Å². The summed E-state index contributed by atoms with van der Waals surface area (Å²) in [5, 5.41) is 0. The number of carbonyl (C=O) groups is 1. The van der Waals surface area contributed by atoms with Gasteiger partial charge in [0.15, 0.2) is 11.6 Å². The molecule has 0 bridgehead atoms. The number of hydrogen-bond donors (Lipinski definition) is 0. The topological polar surface area (TPSA) is 54.0 Å². The highest BCUT2D eigenvalue weighted by Crippen LogP contribution is 2.31. The Bertz CT molecular complexity index is 902. The summed E-state index contributed by atoms with van der Waals surface area (Å²) in [5.74, 6) is -2.57. The first-order chi connectivity index (χ1) is 13.4. The van der Waals surface area contributed by atoms with E-state index in [4.69, 9.17) is 14.2 Å². The summed E-state index contributed by atoms with van der Waals surface area (Å²) in [6.45, 7) is 4.96. The second-order valence-corrected chi connectivity index (χ2v) is 5.46. The van der Waals surface area contributed by atoms with Crippen LogP contribution in [0.2, 0.25) is 0 Å². The van der Waals surface area contributed by atoms with Crippen molar-refractivity contribution >= 4 is 5.97 Å².